The number of hydrogen-bond donors (Lipinski definition) is 2. The van der Waals surface area contributed by atoms with Crippen LogP contribution in [0.1, 0.15) is 11.1 Å². The molecule has 0 unspecified atom stereocenters. The summed E-state index contributed by atoms with van der Waals surface area (Å²) < 4.78 is 18.8. The molecule has 0 saturated heterocycles. The zero-order chi connectivity index (χ0) is 17.2. The van der Waals surface area contributed by atoms with E-state index in [1.54, 1.807) is 30.6 Å². The lowest BCUT2D eigenvalue weighted by Gasteiger charge is -2.07. The van der Waals surface area contributed by atoms with E-state index in [0.29, 0.717) is 12.4 Å². The van der Waals surface area contributed by atoms with Crippen LogP contribution in [0.3, 0.4) is 0 Å². The molecule has 6 heteroatoms. The number of carbonyl (C=O) groups is 1. The largest absolute Gasteiger partial charge is 0.437 e. The number of nitrogens with zero attached hydrogens (tertiary/aromatic N) is 1. The van der Waals surface area contributed by atoms with Crippen molar-refractivity contribution in [1.82, 2.24) is 15.3 Å². The average Bonchev–Trinajstić information content (AvgIpc) is 3.18. The molecule has 1 aliphatic heterocycles. The SMILES string of the molecule is O=C1C=C(NCc2cccc(F)c2)O/C1=C/c1c[nH]c2ncccc12. The first-order valence-corrected chi connectivity index (χ1v) is 7.75. The van der Waals surface area contributed by atoms with Crippen molar-refractivity contribution in [2.24, 2.45) is 0 Å². The highest BCUT2D eigenvalue weighted by Crippen LogP contribution is 2.23. The lowest BCUT2D eigenvalue weighted by atomic mass is 10.2. The van der Waals surface area contributed by atoms with E-state index < -0.39 is 0 Å². The number of aromatic nitrogens is 2. The average molecular weight is 335 g/mol. The number of allylic oxidation sites excluding steroid dienone is 1. The van der Waals surface area contributed by atoms with Crippen LogP contribution in [0.5, 0.6) is 0 Å². The molecule has 3 aromatic rings. The van der Waals surface area contributed by atoms with Crippen LogP contribution in [-0.2, 0) is 16.1 Å². The minimum absolute atomic E-state index is 0.222. The van der Waals surface area contributed by atoms with Gasteiger partial charge in [0.05, 0.1) is 0 Å². The Hall–Kier alpha value is -3.41. The number of hydrogen-bond acceptors (Lipinski definition) is 4. The van der Waals surface area contributed by atoms with E-state index in [2.05, 4.69) is 15.3 Å². The summed E-state index contributed by atoms with van der Waals surface area (Å²) in [5, 5.41) is 3.90. The molecule has 1 aliphatic rings. The van der Waals surface area contributed by atoms with Crippen molar-refractivity contribution in [3.05, 3.63) is 83.5 Å². The molecule has 2 N–H and O–H groups in total. The zero-order valence-electron chi connectivity index (χ0n) is 13.1. The van der Waals surface area contributed by atoms with Crippen LogP contribution in [0.15, 0.2) is 66.5 Å². The molecule has 0 amide bonds. The molecular weight excluding hydrogens is 321 g/mol. The summed E-state index contributed by atoms with van der Waals surface area (Å²) in [6.07, 6.45) is 6.54. The Bertz CT molecular complexity index is 1020. The van der Waals surface area contributed by atoms with Gasteiger partial charge in [-0.1, -0.05) is 12.1 Å². The van der Waals surface area contributed by atoms with Crippen molar-refractivity contribution >= 4 is 22.9 Å². The van der Waals surface area contributed by atoms with Crippen LogP contribution < -0.4 is 5.32 Å². The van der Waals surface area contributed by atoms with Gasteiger partial charge in [0.25, 0.3) is 0 Å². The summed E-state index contributed by atoms with van der Waals surface area (Å²) in [5.74, 6) is 0.0511. The lowest BCUT2D eigenvalue weighted by molar-refractivity contribution is -0.112. The van der Waals surface area contributed by atoms with Crippen LogP contribution in [-0.4, -0.2) is 15.8 Å². The third kappa shape index (κ3) is 3.14. The smallest absolute Gasteiger partial charge is 0.226 e. The maximum absolute atomic E-state index is 13.2. The molecule has 0 spiro atoms. The van der Waals surface area contributed by atoms with Gasteiger partial charge >= 0.3 is 0 Å². The first-order valence-electron chi connectivity index (χ1n) is 7.75. The number of halogens is 1. The quantitative estimate of drug-likeness (QED) is 0.718. The van der Waals surface area contributed by atoms with E-state index >= 15 is 0 Å². The van der Waals surface area contributed by atoms with Gasteiger partial charge in [0.1, 0.15) is 11.5 Å². The van der Waals surface area contributed by atoms with Gasteiger partial charge < -0.3 is 15.0 Å². The van der Waals surface area contributed by atoms with Crippen LogP contribution >= 0.6 is 0 Å². The number of ether oxygens (including phenoxy) is 1. The Morgan fingerprint density at radius 1 is 1.28 bits per heavy atom. The Labute approximate surface area is 142 Å². The summed E-state index contributed by atoms with van der Waals surface area (Å²) in [7, 11) is 0. The summed E-state index contributed by atoms with van der Waals surface area (Å²) in [6.45, 7) is 0.362. The zero-order valence-corrected chi connectivity index (χ0v) is 13.1. The van der Waals surface area contributed by atoms with Gasteiger partial charge in [-0.15, -0.1) is 0 Å². The number of pyridine rings is 1. The van der Waals surface area contributed by atoms with Crippen molar-refractivity contribution in [1.29, 1.82) is 0 Å². The minimum atomic E-state index is -0.301. The monoisotopic (exact) mass is 335 g/mol. The van der Waals surface area contributed by atoms with E-state index in [9.17, 15) is 9.18 Å². The first-order chi connectivity index (χ1) is 12.2. The predicted octanol–water partition coefficient (Wildman–Crippen LogP) is 3.27. The fraction of sp³-hybridized carbons (Fsp3) is 0.0526. The number of ketones is 1. The molecule has 0 bridgehead atoms. The topological polar surface area (TPSA) is 67.0 Å². The van der Waals surface area contributed by atoms with Gasteiger partial charge in [-0.3, -0.25) is 4.79 Å². The van der Waals surface area contributed by atoms with Crippen molar-refractivity contribution < 1.29 is 13.9 Å². The number of carbonyl (C=O) groups excluding carboxylic acids is 1. The molecular formula is C19H14FN3O2. The van der Waals surface area contributed by atoms with Crippen LogP contribution in [0, 0.1) is 5.82 Å². The lowest BCUT2D eigenvalue weighted by Crippen LogP contribution is -2.12. The van der Waals surface area contributed by atoms with Gasteiger partial charge in [-0.2, -0.15) is 0 Å². The van der Waals surface area contributed by atoms with Crippen molar-refractivity contribution in [2.45, 2.75) is 6.54 Å². The fourth-order valence-electron chi connectivity index (χ4n) is 2.65. The van der Waals surface area contributed by atoms with Crippen LogP contribution in [0.25, 0.3) is 17.1 Å². The van der Waals surface area contributed by atoms with Crippen molar-refractivity contribution in [3.8, 4) is 0 Å². The van der Waals surface area contributed by atoms with Crippen LogP contribution in [0.4, 0.5) is 4.39 Å². The molecule has 0 aliphatic carbocycles. The standard InChI is InChI=1S/C19H14FN3O2/c20-14-4-1-3-12(7-14)10-22-18-9-16(24)17(25-18)8-13-11-23-19-15(13)5-2-6-21-19/h1-9,11,22H,10H2,(H,21,23)/b17-8+. The molecule has 5 nitrogen and oxygen atoms in total. The second-order valence-electron chi connectivity index (χ2n) is 5.61. The molecule has 0 fully saturated rings. The highest BCUT2D eigenvalue weighted by Gasteiger charge is 2.21. The highest BCUT2D eigenvalue weighted by molar-refractivity contribution is 6.08. The van der Waals surface area contributed by atoms with E-state index in [-0.39, 0.29) is 17.4 Å². The third-order valence-electron chi connectivity index (χ3n) is 3.85. The molecule has 1 aromatic carbocycles. The fourth-order valence-corrected chi connectivity index (χ4v) is 2.65. The number of nitrogens with one attached hydrogen (secondary N) is 2. The van der Waals surface area contributed by atoms with Gasteiger partial charge in [0, 0.05) is 36.0 Å². The summed E-state index contributed by atoms with van der Waals surface area (Å²) in [5.41, 5.74) is 2.33. The maximum Gasteiger partial charge on any atom is 0.226 e. The minimum Gasteiger partial charge on any atom is -0.437 e. The molecule has 2 aromatic heterocycles. The number of H-pyrrole nitrogens is 1. The molecule has 0 radical (unpaired) electrons. The molecule has 4 rings (SSSR count). The number of fused-ring (bicyclic) bond motifs is 1. The number of aromatic amines is 1. The first kappa shape index (κ1) is 15.1. The molecule has 0 saturated carbocycles. The van der Waals surface area contributed by atoms with Crippen LogP contribution in [0.2, 0.25) is 0 Å². The van der Waals surface area contributed by atoms with Gasteiger partial charge in [-0.25, -0.2) is 9.37 Å². The number of rotatable bonds is 4. The second-order valence-corrected chi connectivity index (χ2v) is 5.61. The summed E-state index contributed by atoms with van der Waals surface area (Å²) in [4.78, 5) is 19.4. The molecule has 124 valence electrons. The normalized spacial score (nSPS) is 15.5. The van der Waals surface area contributed by atoms with E-state index in [0.717, 1.165) is 22.2 Å². The Morgan fingerprint density at radius 3 is 3.08 bits per heavy atom. The van der Waals surface area contributed by atoms with Gasteiger partial charge in [0.2, 0.25) is 5.78 Å². The van der Waals surface area contributed by atoms with Gasteiger partial charge in [-0.05, 0) is 35.9 Å². The summed E-state index contributed by atoms with van der Waals surface area (Å²) >= 11 is 0. The Morgan fingerprint density at radius 2 is 2.20 bits per heavy atom. The Kier molecular flexibility index (Phi) is 3.78. The third-order valence-corrected chi connectivity index (χ3v) is 3.85. The highest BCUT2D eigenvalue weighted by atomic mass is 19.1. The van der Waals surface area contributed by atoms with Crippen molar-refractivity contribution in [3.63, 3.8) is 0 Å². The van der Waals surface area contributed by atoms with Gasteiger partial charge in [0.15, 0.2) is 11.6 Å². The molecule has 0 atom stereocenters. The Balaban J connectivity index is 1.48. The number of benzene rings is 1. The molecule has 3 heterocycles. The van der Waals surface area contributed by atoms with E-state index in [1.165, 1.54) is 18.2 Å². The summed E-state index contributed by atoms with van der Waals surface area (Å²) in [6, 6.07) is 10.00. The van der Waals surface area contributed by atoms with E-state index in [4.69, 9.17) is 4.74 Å². The van der Waals surface area contributed by atoms with E-state index in [1.807, 2.05) is 12.1 Å². The molecule has 25 heavy (non-hydrogen) atoms. The second kappa shape index (κ2) is 6.24. The maximum atomic E-state index is 13.2. The predicted molar refractivity (Wildman–Crippen MR) is 91.5 cm³/mol. The van der Waals surface area contributed by atoms with Crippen molar-refractivity contribution in [2.75, 3.05) is 0 Å².